The van der Waals surface area contributed by atoms with Crippen LogP contribution in [-0.4, -0.2) is 29.1 Å². The standard InChI is InChI=1S/C15H16N2O4S/c1-8-6-10(21-3)4-5-11(8)14-12(7-13(19)20)22-15(17-14)16-9(2)18/h4-6H,7H2,1-3H3,(H,19,20)(H,16,17,18). The number of thiazole rings is 1. The molecule has 1 aromatic carbocycles. The van der Waals surface area contributed by atoms with Gasteiger partial charge in [-0.25, -0.2) is 4.98 Å². The van der Waals surface area contributed by atoms with Crippen LogP contribution in [0.2, 0.25) is 0 Å². The molecule has 0 spiro atoms. The van der Waals surface area contributed by atoms with E-state index in [0.29, 0.717) is 15.7 Å². The maximum atomic E-state index is 11.2. The molecule has 0 aliphatic heterocycles. The molecule has 0 saturated heterocycles. The van der Waals surface area contributed by atoms with E-state index < -0.39 is 5.97 Å². The van der Waals surface area contributed by atoms with E-state index in [1.807, 2.05) is 19.1 Å². The van der Waals surface area contributed by atoms with Gasteiger partial charge < -0.3 is 15.2 Å². The summed E-state index contributed by atoms with van der Waals surface area (Å²) in [6.45, 7) is 3.29. The lowest BCUT2D eigenvalue weighted by Gasteiger charge is -2.07. The second kappa shape index (κ2) is 6.57. The highest BCUT2D eigenvalue weighted by atomic mass is 32.1. The van der Waals surface area contributed by atoms with Crippen LogP contribution in [-0.2, 0) is 16.0 Å². The van der Waals surface area contributed by atoms with Crippen molar-refractivity contribution >= 4 is 28.3 Å². The molecule has 0 atom stereocenters. The summed E-state index contributed by atoms with van der Waals surface area (Å²) < 4.78 is 5.17. The smallest absolute Gasteiger partial charge is 0.308 e. The van der Waals surface area contributed by atoms with Crippen LogP contribution < -0.4 is 10.1 Å². The average molecular weight is 320 g/mol. The number of benzene rings is 1. The number of aromatic nitrogens is 1. The normalized spacial score (nSPS) is 10.3. The van der Waals surface area contributed by atoms with Crippen molar-refractivity contribution in [1.82, 2.24) is 4.98 Å². The first kappa shape index (κ1) is 16.0. The minimum atomic E-state index is -0.939. The molecule has 2 rings (SSSR count). The van der Waals surface area contributed by atoms with Crippen molar-refractivity contribution in [2.24, 2.45) is 0 Å². The van der Waals surface area contributed by atoms with Gasteiger partial charge in [0, 0.05) is 17.4 Å². The van der Waals surface area contributed by atoms with Crippen LogP contribution in [0.15, 0.2) is 18.2 Å². The Morgan fingerprint density at radius 1 is 1.41 bits per heavy atom. The summed E-state index contributed by atoms with van der Waals surface area (Å²) in [5.74, 6) is -0.461. The van der Waals surface area contributed by atoms with Gasteiger partial charge in [0.25, 0.3) is 0 Å². The van der Waals surface area contributed by atoms with E-state index in [9.17, 15) is 9.59 Å². The third kappa shape index (κ3) is 3.62. The van der Waals surface area contributed by atoms with Crippen molar-refractivity contribution in [3.63, 3.8) is 0 Å². The lowest BCUT2D eigenvalue weighted by molar-refractivity contribution is -0.136. The SMILES string of the molecule is COc1ccc(-c2nc(NC(C)=O)sc2CC(=O)O)c(C)c1. The Kier molecular flexibility index (Phi) is 4.77. The number of hydrogen-bond donors (Lipinski definition) is 2. The summed E-state index contributed by atoms with van der Waals surface area (Å²) >= 11 is 1.17. The summed E-state index contributed by atoms with van der Waals surface area (Å²) in [4.78, 5) is 27.2. The van der Waals surface area contributed by atoms with Crippen LogP contribution in [0, 0.1) is 6.92 Å². The van der Waals surface area contributed by atoms with E-state index in [1.54, 1.807) is 13.2 Å². The molecule has 0 unspecified atom stereocenters. The molecular formula is C15H16N2O4S. The van der Waals surface area contributed by atoms with E-state index in [-0.39, 0.29) is 12.3 Å². The largest absolute Gasteiger partial charge is 0.497 e. The second-order valence-corrected chi connectivity index (χ2v) is 5.81. The molecule has 1 amide bonds. The number of nitrogens with one attached hydrogen (secondary N) is 1. The molecule has 0 saturated carbocycles. The fourth-order valence-electron chi connectivity index (χ4n) is 2.05. The summed E-state index contributed by atoms with van der Waals surface area (Å²) in [6.07, 6.45) is -0.141. The van der Waals surface area contributed by atoms with Gasteiger partial charge >= 0.3 is 5.97 Å². The Hall–Kier alpha value is -2.41. The number of anilines is 1. The third-order valence-corrected chi connectivity index (χ3v) is 3.95. The number of carbonyl (C=O) groups excluding carboxylic acids is 1. The number of hydrogen-bond acceptors (Lipinski definition) is 5. The molecule has 0 radical (unpaired) electrons. The van der Waals surface area contributed by atoms with Crippen molar-refractivity contribution in [1.29, 1.82) is 0 Å². The monoisotopic (exact) mass is 320 g/mol. The number of carboxylic acids is 1. The Morgan fingerprint density at radius 3 is 2.68 bits per heavy atom. The first-order valence-electron chi connectivity index (χ1n) is 6.54. The van der Waals surface area contributed by atoms with Crippen LogP contribution >= 0.6 is 11.3 Å². The number of aryl methyl sites for hydroxylation is 1. The summed E-state index contributed by atoms with van der Waals surface area (Å²) in [5, 5.41) is 12.1. The minimum Gasteiger partial charge on any atom is -0.497 e. The molecule has 0 bridgehead atoms. The Balaban J connectivity index is 2.49. The van der Waals surface area contributed by atoms with E-state index in [0.717, 1.165) is 16.9 Å². The van der Waals surface area contributed by atoms with Gasteiger partial charge in [0.1, 0.15) is 5.75 Å². The van der Waals surface area contributed by atoms with Crippen molar-refractivity contribution < 1.29 is 19.4 Å². The average Bonchev–Trinajstić information content (AvgIpc) is 2.79. The fraction of sp³-hybridized carbons (Fsp3) is 0.267. The summed E-state index contributed by atoms with van der Waals surface area (Å²) in [7, 11) is 1.59. The van der Waals surface area contributed by atoms with Crippen molar-refractivity contribution in [2.45, 2.75) is 20.3 Å². The molecule has 0 aliphatic rings. The fourth-order valence-corrected chi connectivity index (χ4v) is 3.07. The molecule has 1 heterocycles. The summed E-state index contributed by atoms with van der Waals surface area (Å²) in [5.41, 5.74) is 2.33. The third-order valence-electron chi connectivity index (χ3n) is 2.98. The first-order valence-corrected chi connectivity index (χ1v) is 7.36. The highest BCUT2D eigenvalue weighted by Gasteiger charge is 2.18. The molecule has 0 fully saturated rings. The molecule has 116 valence electrons. The zero-order valence-corrected chi connectivity index (χ0v) is 13.3. The van der Waals surface area contributed by atoms with Crippen molar-refractivity contribution in [3.05, 3.63) is 28.6 Å². The topological polar surface area (TPSA) is 88.5 Å². The van der Waals surface area contributed by atoms with Crippen molar-refractivity contribution in [2.75, 3.05) is 12.4 Å². The highest BCUT2D eigenvalue weighted by molar-refractivity contribution is 7.16. The molecule has 1 aromatic heterocycles. The van der Waals surface area contributed by atoms with Gasteiger partial charge in [0.05, 0.1) is 19.2 Å². The molecule has 2 aromatic rings. The zero-order valence-electron chi connectivity index (χ0n) is 12.5. The number of amides is 1. The maximum Gasteiger partial charge on any atom is 0.308 e. The van der Waals surface area contributed by atoms with Gasteiger partial charge in [-0.1, -0.05) is 0 Å². The van der Waals surface area contributed by atoms with Crippen LogP contribution in [0.5, 0.6) is 5.75 Å². The van der Waals surface area contributed by atoms with Gasteiger partial charge in [-0.2, -0.15) is 0 Å². The Bertz CT molecular complexity index is 724. The molecule has 6 nitrogen and oxygen atoms in total. The molecule has 7 heteroatoms. The Morgan fingerprint density at radius 2 is 2.14 bits per heavy atom. The molecule has 22 heavy (non-hydrogen) atoms. The predicted molar refractivity (Wildman–Crippen MR) is 84.5 cm³/mol. The first-order chi connectivity index (χ1) is 10.4. The van der Waals surface area contributed by atoms with E-state index in [1.165, 1.54) is 18.3 Å². The Labute approximate surface area is 131 Å². The van der Waals surface area contributed by atoms with Crippen molar-refractivity contribution in [3.8, 4) is 17.0 Å². The highest BCUT2D eigenvalue weighted by Crippen LogP contribution is 2.34. The number of carboxylic acid groups (broad SMARTS) is 1. The van der Waals surface area contributed by atoms with Gasteiger partial charge in [-0.15, -0.1) is 11.3 Å². The number of rotatable bonds is 5. The quantitative estimate of drug-likeness (QED) is 0.884. The summed E-state index contributed by atoms with van der Waals surface area (Å²) in [6, 6.07) is 5.49. The van der Waals surface area contributed by atoms with Crippen LogP contribution in [0.1, 0.15) is 17.4 Å². The van der Waals surface area contributed by atoms with Gasteiger partial charge in [-0.3, -0.25) is 9.59 Å². The molecule has 0 aliphatic carbocycles. The number of methoxy groups -OCH3 is 1. The van der Waals surface area contributed by atoms with Gasteiger partial charge in [0.2, 0.25) is 5.91 Å². The van der Waals surface area contributed by atoms with E-state index in [4.69, 9.17) is 9.84 Å². The minimum absolute atomic E-state index is 0.141. The second-order valence-electron chi connectivity index (χ2n) is 4.72. The molecular weight excluding hydrogens is 304 g/mol. The molecule has 2 N–H and O–H groups in total. The lowest BCUT2D eigenvalue weighted by Crippen LogP contribution is -2.04. The predicted octanol–water partition coefficient (Wildman–Crippen LogP) is 2.71. The number of nitrogens with zero attached hydrogens (tertiary/aromatic N) is 1. The number of ether oxygens (including phenoxy) is 1. The maximum absolute atomic E-state index is 11.2. The number of carbonyl (C=O) groups is 2. The number of aliphatic carboxylic acids is 1. The van der Waals surface area contributed by atoms with Crippen LogP contribution in [0.3, 0.4) is 0 Å². The zero-order chi connectivity index (χ0) is 16.3. The lowest BCUT2D eigenvalue weighted by atomic mass is 10.0. The van der Waals surface area contributed by atoms with E-state index in [2.05, 4.69) is 10.3 Å². The van der Waals surface area contributed by atoms with Gasteiger partial charge in [-0.05, 0) is 30.7 Å². The van der Waals surface area contributed by atoms with Crippen LogP contribution in [0.4, 0.5) is 5.13 Å². The van der Waals surface area contributed by atoms with Crippen LogP contribution in [0.25, 0.3) is 11.3 Å². The van der Waals surface area contributed by atoms with Gasteiger partial charge in [0.15, 0.2) is 5.13 Å². The van der Waals surface area contributed by atoms with E-state index >= 15 is 0 Å².